The number of anilines is 1. The second kappa shape index (κ2) is 7.32. The van der Waals surface area contributed by atoms with Crippen LogP contribution in [-0.2, 0) is 13.1 Å². The molecule has 0 radical (unpaired) electrons. The van der Waals surface area contributed by atoms with Crippen LogP contribution in [0, 0.1) is 0 Å². The van der Waals surface area contributed by atoms with Crippen LogP contribution in [0.4, 0.5) is 5.69 Å². The summed E-state index contributed by atoms with van der Waals surface area (Å²) in [6.45, 7) is 4.13. The van der Waals surface area contributed by atoms with Crippen molar-refractivity contribution in [3.63, 3.8) is 0 Å². The van der Waals surface area contributed by atoms with Crippen molar-refractivity contribution >= 4 is 5.69 Å². The zero-order valence-corrected chi connectivity index (χ0v) is 13.2. The molecule has 1 aliphatic rings. The lowest BCUT2D eigenvalue weighted by atomic mass is 10.1. The van der Waals surface area contributed by atoms with Gasteiger partial charge in [0.25, 0.3) is 0 Å². The molecule has 0 spiro atoms. The van der Waals surface area contributed by atoms with Crippen molar-refractivity contribution in [3.05, 3.63) is 59.7 Å². The number of nitrogens with zero attached hydrogens (tertiary/aromatic N) is 1. The normalized spacial score (nSPS) is 14.3. The topological polar surface area (TPSA) is 24.5 Å². The maximum absolute atomic E-state index is 5.26. The average molecular weight is 296 g/mol. The average Bonchev–Trinajstić information content (AvgIpc) is 3.10. The smallest absolute Gasteiger partial charge is 0.119 e. The summed E-state index contributed by atoms with van der Waals surface area (Å²) < 4.78 is 5.26. The third kappa shape index (κ3) is 3.80. The Morgan fingerprint density at radius 2 is 1.64 bits per heavy atom. The Morgan fingerprint density at radius 3 is 2.36 bits per heavy atom. The molecule has 0 bridgehead atoms. The first-order valence-corrected chi connectivity index (χ1v) is 8.03. The van der Waals surface area contributed by atoms with Crippen LogP contribution in [0.1, 0.15) is 24.0 Å². The summed E-state index contributed by atoms with van der Waals surface area (Å²) in [7, 11) is 1.70. The highest BCUT2D eigenvalue weighted by Crippen LogP contribution is 2.21. The molecule has 2 aromatic carbocycles. The van der Waals surface area contributed by atoms with Gasteiger partial charge in [0.15, 0.2) is 0 Å². The van der Waals surface area contributed by atoms with Crippen LogP contribution in [0.25, 0.3) is 0 Å². The van der Waals surface area contributed by atoms with Gasteiger partial charge in [-0.15, -0.1) is 0 Å². The second-order valence-corrected chi connectivity index (χ2v) is 5.82. The van der Waals surface area contributed by atoms with E-state index < -0.39 is 0 Å². The fraction of sp³-hybridized carbons (Fsp3) is 0.368. The Hall–Kier alpha value is -2.00. The van der Waals surface area contributed by atoms with Crippen molar-refractivity contribution in [1.29, 1.82) is 0 Å². The Kier molecular flexibility index (Phi) is 4.96. The van der Waals surface area contributed by atoms with Crippen LogP contribution in [-0.4, -0.2) is 20.2 Å². The van der Waals surface area contributed by atoms with Gasteiger partial charge in [0, 0.05) is 31.9 Å². The molecule has 116 valence electrons. The first-order chi connectivity index (χ1) is 10.8. The molecule has 0 unspecified atom stereocenters. The van der Waals surface area contributed by atoms with Crippen LogP contribution in [0.5, 0.6) is 5.75 Å². The lowest BCUT2D eigenvalue weighted by Gasteiger charge is -2.18. The van der Waals surface area contributed by atoms with Crippen LogP contribution >= 0.6 is 0 Å². The molecular formula is C19H24N2O. The molecule has 3 nitrogen and oxygen atoms in total. The fourth-order valence-corrected chi connectivity index (χ4v) is 2.97. The molecule has 0 aromatic heterocycles. The Bertz CT molecular complexity index is 606. The van der Waals surface area contributed by atoms with E-state index in [9.17, 15) is 0 Å². The van der Waals surface area contributed by atoms with Crippen LogP contribution in [0.15, 0.2) is 48.5 Å². The first-order valence-electron chi connectivity index (χ1n) is 8.03. The molecule has 3 rings (SSSR count). The lowest BCUT2D eigenvalue weighted by molar-refractivity contribution is 0.414. The van der Waals surface area contributed by atoms with Gasteiger partial charge in [0.2, 0.25) is 0 Å². The number of methoxy groups -OCH3 is 1. The van der Waals surface area contributed by atoms with Crippen LogP contribution < -0.4 is 15.0 Å². The molecule has 1 fully saturated rings. The highest BCUT2D eigenvalue weighted by Gasteiger charge is 2.12. The number of benzene rings is 2. The maximum Gasteiger partial charge on any atom is 0.119 e. The summed E-state index contributed by atoms with van der Waals surface area (Å²) in [5.74, 6) is 0.912. The van der Waals surface area contributed by atoms with Crippen molar-refractivity contribution in [3.8, 4) is 5.75 Å². The van der Waals surface area contributed by atoms with Crippen molar-refractivity contribution < 1.29 is 4.74 Å². The standard InChI is InChI=1S/C19H24N2O/c1-22-19-9-5-7-17(13-19)15-20-14-16-6-4-8-18(12-16)21-10-2-3-11-21/h4-9,12-13,20H,2-3,10-11,14-15H2,1H3. The minimum absolute atomic E-state index is 0.852. The van der Waals surface area contributed by atoms with E-state index in [-0.39, 0.29) is 0 Å². The molecule has 3 heteroatoms. The molecule has 0 saturated carbocycles. The van der Waals surface area contributed by atoms with Gasteiger partial charge in [0.05, 0.1) is 7.11 Å². The predicted molar refractivity (Wildman–Crippen MR) is 91.4 cm³/mol. The van der Waals surface area contributed by atoms with Gasteiger partial charge in [-0.1, -0.05) is 24.3 Å². The second-order valence-electron chi connectivity index (χ2n) is 5.82. The van der Waals surface area contributed by atoms with Gasteiger partial charge >= 0.3 is 0 Å². The third-order valence-electron chi connectivity index (χ3n) is 4.17. The molecule has 1 heterocycles. The van der Waals surface area contributed by atoms with Crippen molar-refractivity contribution in [1.82, 2.24) is 5.32 Å². The van der Waals surface area contributed by atoms with Crippen LogP contribution in [0.3, 0.4) is 0 Å². The van der Waals surface area contributed by atoms with Crippen molar-refractivity contribution in [2.75, 3.05) is 25.1 Å². The predicted octanol–water partition coefficient (Wildman–Crippen LogP) is 3.59. The number of rotatable bonds is 6. The van der Waals surface area contributed by atoms with E-state index in [4.69, 9.17) is 4.74 Å². The van der Waals surface area contributed by atoms with E-state index in [1.165, 1.54) is 42.7 Å². The largest absolute Gasteiger partial charge is 0.497 e. The van der Waals surface area contributed by atoms with E-state index in [0.717, 1.165) is 18.8 Å². The van der Waals surface area contributed by atoms with Crippen molar-refractivity contribution in [2.45, 2.75) is 25.9 Å². The molecule has 1 N–H and O–H groups in total. The lowest BCUT2D eigenvalue weighted by Crippen LogP contribution is -2.18. The minimum Gasteiger partial charge on any atom is -0.497 e. The highest BCUT2D eigenvalue weighted by atomic mass is 16.5. The zero-order valence-electron chi connectivity index (χ0n) is 13.2. The van der Waals surface area contributed by atoms with Gasteiger partial charge in [-0.25, -0.2) is 0 Å². The van der Waals surface area contributed by atoms with E-state index in [1.807, 2.05) is 12.1 Å². The van der Waals surface area contributed by atoms with E-state index in [0.29, 0.717) is 0 Å². The molecular weight excluding hydrogens is 272 g/mol. The molecule has 1 aliphatic heterocycles. The number of hydrogen-bond acceptors (Lipinski definition) is 3. The number of hydrogen-bond donors (Lipinski definition) is 1. The Labute approximate surface area is 132 Å². The van der Waals surface area contributed by atoms with Gasteiger partial charge in [-0.05, 0) is 48.2 Å². The van der Waals surface area contributed by atoms with Gasteiger partial charge < -0.3 is 15.0 Å². The monoisotopic (exact) mass is 296 g/mol. The molecule has 2 aromatic rings. The van der Waals surface area contributed by atoms with E-state index in [1.54, 1.807) is 7.11 Å². The molecule has 1 saturated heterocycles. The van der Waals surface area contributed by atoms with Crippen LogP contribution in [0.2, 0.25) is 0 Å². The molecule has 22 heavy (non-hydrogen) atoms. The first kappa shape index (κ1) is 14.9. The highest BCUT2D eigenvalue weighted by molar-refractivity contribution is 5.49. The molecule has 0 amide bonds. The summed E-state index contributed by atoms with van der Waals surface area (Å²) in [4.78, 5) is 2.48. The number of ether oxygens (including phenoxy) is 1. The molecule has 0 atom stereocenters. The summed E-state index contributed by atoms with van der Waals surface area (Å²) in [5, 5.41) is 3.51. The summed E-state index contributed by atoms with van der Waals surface area (Å²) >= 11 is 0. The van der Waals surface area contributed by atoms with E-state index in [2.05, 4.69) is 46.6 Å². The molecule has 0 aliphatic carbocycles. The maximum atomic E-state index is 5.26. The van der Waals surface area contributed by atoms with Crippen molar-refractivity contribution in [2.24, 2.45) is 0 Å². The summed E-state index contributed by atoms with van der Waals surface area (Å²) in [6.07, 6.45) is 2.64. The van der Waals surface area contributed by atoms with E-state index >= 15 is 0 Å². The Morgan fingerprint density at radius 1 is 0.955 bits per heavy atom. The SMILES string of the molecule is COc1cccc(CNCc2cccc(N3CCCC3)c2)c1. The fourth-order valence-electron chi connectivity index (χ4n) is 2.97. The minimum atomic E-state index is 0.852. The number of nitrogens with one attached hydrogen (secondary N) is 1. The third-order valence-corrected chi connectivity index (χ3v) is 4.17. The zero-order chi connectivity index (χ0) is 15.2. The summed E-state index contributed by atoms with van der Waals surface area (Å²) in [6, 6.07) is 17.1. The van der Waals surface area contributed by atoms with Gasteiger partial charge in [0.1, 0.15) is 5.75 Å². The Balaban J connectivity index is 1.55. The van der Waals surface area contributed by atoms with Gasteiger partial charge in [-0.3, -0.25) is 0 Å². The summed E-state index contributed by atoms with van der Waals surface area (Å²) in [5.41, 5.74) is 3.94. The van der Waals surface area contributed by atoms with Gasteiger partial charge in [-0.2, -0.15) is 0 Å². The quantitative estimate of drug-likeness (QED) is 0.881.